The molecule has 1 atom stereocenters. The molecule has 1 saturated heterocycles. The summed E-state index contributed by atoms with van der Waals surface area (Å²) >= 11 is 0. The van der Waals surface area contributed by atoms with E-state index in [4.69, 9.17) is 4.74 Å². The molecule has 0 aliphatic carbocycles. The van der Waals surface area contributed by atoms with Gasteiger partial charge in [0.25, 0.3) is 11.7 Å². The van der Waals surface area contributed by atoms with Crippen molar-refractivity contribution in [1.29, 1.82) is 0 Å². The highest BCUT2D eigenvalue weighted by Gasteiger charge is 2.45. The topological polar surface area (TPSA) is 70.1 Å². The van der Waals surface area contributed by atoms with Gasteiger partial charge in [-0.3, -0.25) is 9.59 Å². The lowest BCUT2D eigenvalue weighted by Crippen LogP contribution is -2.29. The molecule has 160 valence electrons. The van der Waals surface area contributed by atoms with Crippen molar-refractivity contribution in [3.63, 3.8) is 0 Å². The number of ether oxygens (including phenoxy) is 1. The minimum atomic E-state index is -0.715. The maximum absolute atomic E-state index is 12.9. The zero-order chi connectivity index (χ0) is 22.5. The van der Waals surface area contributed by atoms with Crippen LogP contribution >= 0.6 is 0 Å². The fraction of sp³-hybridized carbons (Fsp3) is 0.200. The highest BCUT2D eigenvalue weighted by molar-refractivity contribution is 6.46. The summed E-state index contributed by atoms with van der Waals surface area (Å²) in [7, 11) is 3.86. The van der Waals surface area contributed by atoms with Crippen LogP contribution < -0.4 is 9.64 Å². The molecule has 0 saturated carbocycles. The molecule has 2 aromatic carbocycles. The molecule has 2 aromatic rings. The first-order valence-corrected chi connectivity index (χ1v) is 9.89. The number of likely N-dealkylation sites (tertiary alicyclic amines) is 1. The normalized spacial score (nSPS) is 17.5. The summed E-state index contributed by atoms with van der Waals surface area (Å²) in [6.07, 6.45) is 3.20. The third kappa shape index (κ3) is 4.38. The number of carbonyl (C=O) groups excluding carboxylic acids is 2. The van der Waals surface area contributed by atoms with Crippen LogP contribution in [0.5, 0.6) is 5.75 Å². The Bertz CT molecular complexity index is 1020. The Hall–Kier alpha value is -3.80. The quantitative estimate of drug-likeness (QED) is 0.305. The van der Waals surface area contributed by atoms with Crippen molar-refractivity contribution in [3.8, 4) is 5.75 Å². The van der Waals surface area contributed by atoms with Gasteiger partial charge in [-0.05, 0) is 42.0 Å². The molecule has 1 aliphatic heterocycles. The Labute approximate surface area is 182 Å². The van der Waals surface area contributed by atoms with E-state index in [-0.39, 0.29) is 17.9 Å². The molecular weight excluding hydrogens is 392 g/mol. The molecule has 31 heavy (non-hydrogen) atoms. The summed E-state index contributed by atoms with van der Waals surface area (Å²) in [5.74, 6) is -0.983. The summed E-state index contributed by atoms with van der Waals surface area (Å²) < 4.78 is 5.46. The highest BCUT2D eigenvalue weighted by atomic mass is 16.5. The molecular formula is C25H26N2O4. The lowest BCUT2D eigenvalue weighted by Gasteiger charge is -2.24. The number of hydrogen-bond donors (Lipinski definition) is 1. The predicted molar refractivity (Wildman–Crippen MR) is 122 cm³/mol. The van der Waals surface area contributed by atoms with Crippen molar-refractivity contribution < 1.29 is 19.4 Å². The Balaban J connectivity index is 2.07. The van der Waals surface area contributed by atoms with Crippen molar-refractivity contribution in [3.05, 3.63) is 90.5 Å². The van der Waals surface area contributed by atoms with Gasteiger partial charge in [-0.15, -0.1) is 6.58 Å². The highest BCUT2D eigenvalue weighted by Crippen LogP contribution is 2.39. The third-order valence-corrected chi connectivity index (χ3v) is 5.09. The molecule has 0 bridgehead atoms. The monoisotopic (exact) mass is 418 g/mol. The molecule has 0 spiro atoms. The second-order valence-corrected chi connectivity index (χ2v) is 7.35. The minimum absolute atomic E-state index is 0.0595. The lowest BCUT2D eigenvalue weighted by molar-refractivity contribution is -0.139. The number of aliphatic hydroxyl groups is 1. The summed E-state index contributed by atoms with van der Waals surface area (Å²) in [5, 5.41) is 11.0. The van der Waals surface area contributed by atoms with E-state index in [2.05, 4.69) is 13.2 Å². The Morgan fingerprint density at radius 2 is 1.71 bits per heavy atom. The van der Waals surface area contributed by atoms with E-state index in [0.717, 1.165) is 11.3 Å². The Morgan fingerprint density at radius 1 is 1.06 bits per heavy atom. The van der Waals surface area contributed by atoms with E-state index in [1.807, 2.05) is 43.3 Å². The van der Waals surface area contributed by atoms with Crippen molar-refractivity contribution in [2.45, 2.75) is 6.04 Å². The predicted octanol–water partition coefficient (Wildman–Crippen LogP) is 3.93. The molecule has 1 aliphatic rings. The van der Waals surface area contributed by atoms with Crippen LogP contribution in [0.25, 0.3) is 5.76 Å². The SMILES string of the molecule is C=CCOc1ccc(C(O)=C2C(=O)C(=O)N(CC=C)[C@H]2c2ccc(N(C)C)cc2)cc1. The van der Waals surface area contributed by atoms with E-state index in [0.29, 0.717) is 17.9 Å². The largest absolute Gasteiger partial charge is 0.507 e. The second-order valence-electron chi connectivity index (χ2n) is 7.35. The molecule has 6 heteroatoms. The van der Waals surface area contributed by atoms with E-state index in [9.17, 15) is 14.7 Å². The number of carbonyl (C=O) groups is 2. The van der Waals surface area contributed by atoms with Crippen molar-refractivity contribution >= 4 is 23.1 Å². The first-order chi connectivity index (χ1) is 14.9. The molecule has 0 radical (unpaired) electrons. The number of Topliss-reactive ketones (excluding diaryl/α,β-unsaturated/α-hetero) is 1. The molecule has 1 heterocycles. The number of aliphatic hydroxyl groups excluding tert-OH is 1. The summed E-state index contributed by atoms with van der Waals surface area (Å²) in [5.41, 5.74) is 2.21. The van der Waals surface area contributed by atoms with Crippen LogP contribution in [0.4, 0.5) is 5.69 Å². The zero-order valence-corrected chi connectivity index (χ0v) is 17.7. The van der Waals surface area contributed by atoms with Gasteiger partial charge in [-0.25, -0.2) is 0 Å². The number of ketones is 1. The van der Waals surface area contributed by atoms with Gasteiger partial charge in [0.2, 0.25) is 0 Å². The maximum atomic E-state index is 12.9. The number of amides is 1. The number of hydrogen-bond acceptors (Lipinski definition) is 5. The Morgan fingerprint density at radius 3 is 2.26 bits per heavy atom. The average Bonchev–Trinajstić information content (AvgIpc) is 3.03. The van der Waals surface area contributed by atoms with Crippen LogP contribution in [0, 0.1) is 0 Å². The molecule has 3 rings (SSSR count). The van der Waals surface area contributed by atoms with E-state index < -0.39 is 17.7 Å². The fourth-order valence-corrected chi connectivity index (χ4v) is 3.53. The molecule has 1 amide bonds. The van der Waals surface area contributed by atoms with Crippen LogP contribution in [0.3, 0.4) is 0 Å². The zero-order valence-electron chi connectivity index (χ0n) is 17.7. The average molecular weight is 418 g/mol. The standard InChI is InChI=1S/C25H26N2O4/c1-5-15-27-22(17-7-11-19(12-8-17)26(3)4)21(24(29)25(27)30)23(28)18-9-13-20(14-10-18)31-16-6-2/h5-14,22,28H,1-2,15-16H2,3-4H3/t22-/m0/s1. The smallest absolute Gasteiger partial charge is 0.295 e. The van der Waals surface area contributed by atoms with E-state index in [1.165, 1.54) is 4.90 Å². The van der Waals surface area contributed by atoms with Gasteiger partial charge in [0.1, 0.15) is 18.1 Å². The lowest BCUT2D eigenvalue weighted by atomic mass is 9.95. The molecule has 0 unspecified atom stereocenters. The van der Waals surface area contributed by atoms with Gasteiger partial charge in [0.05, 0.1) is 11.6 Å². The molecule has 6 nitrogen and oxygen atoms in total. The molecule has 0 aromatic heterocycles. The van der Waals surface area contributed by atoms with Crippen LogP contribution in [0.1, 0.15) is 17.2 Å². The summed E-state index contributed by atoms with van der Waals surface area (Å²) in [6, 6.07) is 13.5. The van der Waals surface area contributed by atoms with E-state index in [1.54, 1.807) is 36.4 Å². The first kappa shape index (κ1) is 21.9. The number of nitrogens with zero attached hydrogens (tertiary/aromatic N) is 2. The third-order valence-electron chi connectivity index (χ3n) is 5.09. The van der Waals surface area contributed by atoms with Crippen LogP contribution in [0.15, 0.2) is 79.4 Å². The van der Waals surface area contributed by atoms with Gasteiger partial charge < -0.3 is 19.6 Å². The second kappa shape index (κ2) is 9.34. The molecule has 1 fully saturated rings. The number of rotatable bonds is 8. The van der Waals surface area contributed by atoms with Crippen molar-refractivity contribution in [1.82, 2.24) is 4.90 Å². The first-order valence-electron chi connectivity index (χ1n) is 9.89. The summed E-state index contributed by atoms with van der Waals surface area (Å²) in [6.45, 7) is 7.86. The van der Waals surface area contributed by atoms with Crippen LogP contribution in [0.2, 0.25) is 0 Å². The van der Waals surface area contributed by atoms with Gasteiger partial charge >= 0.3 is 0 Å². The number of anilines is 1. The van der Waals surface area contributed by atoms with Crippen molar-refractivity contribution in [2.75, 3.05) is 32.1 Å². The van der Waals surface area contributed by atoms with Crippen LogP contribution in [-0.2, 0) is 9.59 Å². The van der Waals surface area contributed by atoms with E-state index >= 15 is 0 Å². The van der Waals surface area contributed by atoms with Gasteiger partial charge in [0.15, 0.2) is 0 Å². The minimum Gasteiger partial charge on any atom is -0.507 e. The Kier molecular flexibility index (Phi) is 6.60. The van der Waals surface area contributed by atoms with Crippen molar-refractivity contribution in [2.24, 2.45) is 0 Å². The fourth-order valence-electron chi connectivity index (χ4n) is 3.53. The number of benzene rings is 2. The maximum Gasteiger partial charge on any atom is 0.295 e. The summed E-state index contributed by atoms with van der Waals surface area (Å²) in [4.78, 5) is 29.0. The van der Waals surface area contributed by atoms with Crippen LogP contribution in [-0.4, -0.2) is 48.9 Å². The van der Waals surface area contributed by atoms with Gasteiger partial charge in [-0.2, -0.15) is 0 Å². The molecule has 1 N–H and O–H groups in total. The van der Waals surface area contributed by atoms with Gasteiger partial charge in [0, 0.05) is 31.9 Å². The van der Waals surface area contributed by atoms with Gasteiger partial charge in [-0.1, -0.05) is 30.9 Å².